The Hall–Kier alpha value is -1.39. The molecule has 16 heavy (non-hydrogen) atoms. The van der Waals surface area contributed by atoms with Crippen molar-refractivity contribution in [3.8, 4) is 0 Å². The van der Waals surface area contributed by atoms with E-state index in [1.54, 1.807) is 7.05 Å². The van der Waals surface area contributed by atoms with Gasteiger partial charge < -0.3 is 15.7 Å². The number of hydrogen-bond acceptors (Lipinski definition) is 3. The first kappa shape index (κ1) is 12.7. The number of amides is 1. The first-order valence-electron chi connectivity index (χ1n) is 5.30. The molecule has 0 radical (unpaired) electrons. The van der Waals surface area contributed by atoms with Gasteiger partial charge in [-0.15, -0.1) is 0 Å². The topological polar surface area (TPSA) is 66.6 Å². The third-order valence-corrected chi connectivity index (χ3v) is 2.43. The lowest BCUT2D eigenvalue weighted by atomic mass is 10.1. The van der Waals surface area contributed by atoms with Gasteiger partial charge in [0.15, 0.2) is 0 Å². The Morgan fingerprint density at radius 2 is 2.06 bits per heavy atom. The van der Waals surface area contributed by atoms with Gasteiger partial charge in [-0.05, 0) is 12.0 Å². The van der Waals surface area contributed by atoms with Crippen molar-refractivity contribution in [3.05, 3.63) is 35.9 Å². The summed E-state index contributed by atoms with van der Waals surface area (Å²) in [6.07, 6.45) is 0.523. The summed E-state index contributed by atoms with van der Waals surface area (Å²) in [6, 6.07) is 9.11. The van der Waals surface area contributed by atoms with E-state index in [1.165, 1.54) is 4.90 Å². The summed E-state index contributed by atoms with van der Waals surface area (Å²) in [6.45, 7) is 0.279. The average molecular weight is 222 g/mol. The Morgan fingerprint density at radius 3 is 2.62 bits per heavy atom. The molecule has 88 valence electrons. The van der Waals surface area contributed by atoms with Crippen molar-refractivity contribution < 1.29 is 9.90 Å². The van der Waals surface area contributed by atoms with Crippen LogP contribution in [0.15, 0.2) is 30.3 Å². The lowest BCUT2D eigenvalue weighted by Crippen LogP contribution is -2.44. The fourth-order valence-corrected chi connectivity index (χ4v) is 1.50. The van der Waals surface area contributed by atoms with Crippen LogP contribution in [0.2, 0.25) is 0 Å². The van der Waals surface area contributed by atoms with Crippen LogP contribution >= 0.6 is 0 Å². The van der Waals surface area contributed by atoms with Gasteiger partial charge in [0.2, 0.25) is 5.91 Å². The number of carbonyl (C=O) groups is 1. The fraction of sp³-hybridized carbons (Fsp3) is 0.417. The molecule has 1 aromatic rings. The van der Waals surface area contributed by atoms with Crippen molar-refractivity contribution in [2.75, 3.05) is 20.2 Å². The van der Waals surface area contributed by atoms with Crippen LogP contribution in [0.5, 0.6) is 0 Å². The van der Waals surface area contributed by atoms with E-state index >= 15 is 0 Å². The number of likely N-dealkylation sites (N-methyl/N-ethyl adjacent to an activating group) is 1. The number of nitrogens with two attached hydrogens (primary N) is 1. The second-order valence-corrected chi connectivity index (χ2v) is 3.78. The van der Waals surface area contributed by atoms with E-state index in [4.69, 9.17) is 10.8 Å². The zero-order valence-corrected chi connectivity index (χ0v) is 9.47. The Kier molecular flexibility index (Phi) is 4.95. The van der Waals surface area contributed by atoms with E-state index in [0.29, 0.717) is 13.0 Å². The third-order valence-electron chi connectivity index (χ3n) is 2.43. The highest BCUT2D eigenvalue weighted by atomic mass is 16.3. The molecule has 1 amide bonds. The first-order valence-corrected chi connectivity index (χ1v) is 5.30. The van der Waals surface area contributed by atoms with Gasteiger partial charge in [0.25, 0.3) is 0 Å². The first-order chi connectivity index (χ1) is 7.65. The Bertz CT molecular complexity index is 327. The van der Waals surface area contributed by atoms with Crippen molar-refractivity contribution >= 4 is 5.91 Å². The second kappa shape index (κ2) is 6.25. The number of benzene rings is 1. The Labute approximate surface area is 95.7 Å². The van der Waals surface area contributed by atoms with E-state index in [0.717, 1.165) is 5.56 Å². The molecule has 3 N–H and O–H groups in total. The summed E-state index contributed by atoms with van der Waals surface area (Å²) < 4.78 is 0. The molecular formula is C12H18N2O2. The van der Waals surface area contributed by atoms with Crippen LogP contribution in [0.4, 0.5) is 0 Å². The molecule has 0 saturated carbocycles. The number of hydrogen-bond donors (Lipinski definition) is 2. The number of aliphatic hydroxyl groups excluding tert-OH is 1. The van der Waals surface area contributed by atoms with Gasteiger partial charge in [0.1, 0.15) is 0 Å². The molecule has 0 fully saturated rings. The third kappa shape index (κ3) is 3.64. The van der Waals surface area contributed by atoms with Gasteiger partial charge in [0, 0.05) is 13.6 Å². The van der Waals surface area contributed by atoms with Crippen LogP contribution in [0.25, 0.3) is 0 Å². The van der Waals surface area contributed by atoms with Crippen LogP contribution in [0.1, 0.15) is 5.56 Å². The average Bonchev–Trinajstić information content (AvgIpc) is 2.29. The van der Waals surface area contributed by atoms with Crippen LogP contribution in [-0.2, 0) is 11.2 Å². The van der Waals surface area contributed by atoms with Gasteiger partial charge in [-0.3, -0.25) is 4.79 Å². The molecule has 1 rings (SSSR count). The standard InChI is InChI=1S/C12H18N2O2/c1-14(7-8-15)12(16)11(13)9-10-5-3-2-4-6-10/h2-6,11,15H,7-9,13H2,1H3/t11-/m0/s1. The molecule has 0 aliphatic carbocycles. The van der Waals surface area contributed by atoms with Crippen molar-refractivity contribution in [2.24, 2.45) is 5.73 Å². The predicted octanol–water partition coefficient (Wildman–Crippen LogP) is 0.00710. The summed E-state index contributed by atoms with van der Waals surface area (Å²) in [7, 11) is 1.64. The molecule has 0 aromatic heterocycles. The number of carbonyl (C=O) groups excluding carboxylic acids is 1. The van der Waals surface area contributed by atoms with Crippen molar-refractivity contribution in [1.29, 1.82) is 0 Å². The van der Waals surface area contributed by atoms with Crippen molar-refractivity contribution in [2.45, 2.75) is 12.5 Å². The molecule has 0 aliphatic heterocycles. The molecule has 0 aliphatic rings. The number of rotatable bonds is 5. The molecule has 0 spiro atoms. The van der Waals surface area contributed by atoms with Crippen LogP contribution < -0.4 is 5.73 Å². The van der Waals surface area contributed by atoms with Gasteiger partial charge in [-0.2, -0.15) is 0 Å². The van der Waals surface area contributed by atoms with E-state index in [9.17, 15) is 4.79 Å². The van der Waals surface area contributed by atoms with Gasteiger partial charge >= 0.3 is 0 Å². The van der Waals surface area contributed by atoms with Gasteiger partial charge in [-0.25, -0.2) is 0 Å². The molecule has 4 heteroatoms. The highest BCUT2D eigenvalue weighted by Gasteiger charge is 2.17. The van der Waals surface area contributed by atoms with Gasteiger partial charge in [-0.1, -0.05) is 30.3 Å². The lowest BCUT2D eigenvalue weighted by Gasteiger charge is -2.20. The largest absolute Gasteiger partial charge is 0.395 e. The van der Waals surface area contributed by atoms with Crippen molar-refractivity contribution in [1.82, 2.24) is 4.90 Å². The normalized spacial score (nSPS) is 12.2. The number of nitrogens with zero attached hydrogens (tertiary/aromatic N) is 1. The Balaban J connectivity index is 2.52. The highest BCUT2D eigenvalue weighted by molar-refractivity contribution is 5.81. The molecule has 4 nitrogen and oxygen atoms in total. The molecule has 0 bridgehead atoms. The number of aliphatic hydroxyl groups is 1. The molecule has 1 aromatic carbocycles. The minimum absolute atomic E-state index is 0.0414. The maximum atomic E-state index is 11.7. The SMILES string of the molecule is CN(CCO)C(=O)[C@@H](N)Cc1ccccc1. The van der Waals surface area contributed by atoms with E-state index in [-0.39, 0.29) is 12.5 Å². The maximum Gasteiger partial charge on any atom is 0.239 e. The summed E-state index contributed by atoms with van der Waals surface area (Å²) in [5.74, 6) is -0.141. The van der Waals surface area contributed by atoms with E-state index in [1.807, 2.05) is 30.3 Å². The second-order valence-electron chi connectivity index (χ2n) is 3.78. The van der Waals surface area contributed by atoms with Crippen molar-refractivity contribution in [3.63, 3.8) is 0 Å². The zero-order valence-electron chi connectivity index (χ0n) is 9.47. The molecule has 0 saturated heterocycles. The van der Waals surface area contributed by atoms with Crippen LogP contribution in [0, 0.1) is 0 Å². The Morgan fingerprint density at radius 1 is 1.44 bits per heavy atom. The summed E-state index contributed by atoms with van der Waals surface area (Å²) in [4.78, 5) is 13.2. The monoisotopic (exact) mass is 222 g/mol. The van der Waals surface area contributed by atoms with E-state index in [2.05, 4.69) is 0 Å². The van der Waals surface area contributed by atoms with Crippen LogP contribution in [-0.4, -0.2) is 42.2 Å². The van der Waals surface area contributed by atoms with Gasteiger partial charge in [0.05, 0.1) is 12.6 Å². The molecule has 0 unspecified atom stereocenters. The summed E-state index contributed by atoms with van der Waals surface area (Å²) >= 11 is 0. The summed E-state index contributed by atoms with van der Waals surface area (Å²) in [5.41, 5.74) is 6.85. The van der Waals surface area contributed by atoms with E-state index < -0.39 is 6.04 Å². The highest BCUT2D eigenvalue weighted by Crippen LogP contribution is 2.03. The minimum Gasteiger partial charge on any atom is -0.395 e. The minimum atomic E-state index is -0.543. The smallest absolute Gasteiger partial charge is 0.239 e. The zero-order chi connectivity index (χ0) is 12.0. The lowest BCUT2D eigenvalue weighted by molar-refractivity contribution is -0.131. The maximum absolute atomic E-state index is 11.7. The summed E-state index contributed by atoms with van der Waals surface area (Å²) in [5, 5.41) is 8.72. The molecule has 1 atom stereocenters. The molecular weight excluding hydrogens is 204 g/mol. The quantitative estimate of drug-likeness (QED) is 0.737. The van der Waals surface area contributed by atoms with Crippen LogP contribution in [0.3, 0.4) is 0 Å². The fourth-order valence-electron chi connectivity index (χ4n) is 1.50. The predicted molar refractivity (Wildman–Crippen MR) is 62.8 cm³/mol. The molecule has 0 heterocycles.